The van der Waals surface area contributed by atoms with Crippen LogP contribution in [0.4, 0.5) is 0 Å². The summed E-state index contributed by atoms with van der Waals surface area (Å²) in [6, 6.07) is 7.18. The Morgan fingerprint density at radius 3 is 2.71 bits per heavy atom. The maximum absolute atomic E-state index is 4.70. The Bertz CT molecular complexity index is 347. The van der Waals surface area contributed by atoms with Crippen molar-refractivity contribution in [3.63, 3.8) is 0 Å². The molecular weight excluding hydrogens is 210 g/mol. The molecule has 1 aliphatic rings. The maximum atomic E-state index is 4.70. The summed E-state index contributed by atoms with van der Waals surface area (Å²) in [5.41, 5.74) is 2.35. The van der Waals surface area contributed by atoms with E-state index in [0.29, 0.717) is 0 Å². The van der Waals surface area contributed by atoms with Crippen molar-refractivity contribution in [3.8, 4) is 0 Å². The lowest BCUT2D eigenvalue weighted by molar-refractivity contribution is 0.266. The van der Waals surface area contributed by atoms with Crippen LogP contribution >= 0.6 is 0 Å². The molecule has 3 nitrogen and oxygen atoms in total. The first-order valence-electron chi connectivity index (χ1n) is 6.73. The van der Waals surface area contributed by atoms with Crippen LogP contribution in [0.1, 0.15) is 38.1 Å². The van der Waals surface area contributed by atoms with Gasteiger partial charge >= 0.3 is 0 Å². The molecule has 0 aliphatic heterocycles. The van der Waals surface area contributed by atoms with Crippen molar-refractivity contribution < 1.29 is 0 Å². The normalized spacial score (nSPS) is 15.5. The molecule has 1 aromatic rings. The van der Waals surface area contributed by atoms with Crippen molar-refractivity contribution >= 4 is 0 Å². The lowest BCUT2D eigenvalue weighted by Crippen LogP contribution is -2.25. The molecule has 1 saturated carbocycles. The van der Waals surface area contributed by atoms with Crippen LogP contribution in [0.25, 0.3) is 0 Å². The first-order valence-corrected chi connectivity index (χ1v) is 6.73. The van der Waals surface area contributed by atoms with Gasteiger partial charge in [-0.05, 0) is 38.1 Å². The standard InChI is InChI=1S/C14H23N3/c1-3-15-10-12-6-5-7-13(16-12)11-17(4-2)14-8-9-14/h5-7,14-15H,3-4,8-11H2,1-2H3. The fraction of sp³-hybridized carbons (Fsp3) is 0.643. The molecule has 1 fully saturated rings. The third-order valence-corrected chi connectivity index (χ3v) is 3.26. The van der Waals surface area contributed by atoms with Crippen LogP contribution in [0.2, 0.25) is 0 Å². The summed E-state index contributed by atoms with van der Waals surface area (Å²) in [6.45, 7) is 8.36. The van der Waals surface area contributed by atoms with E-state index >= 15 is 0 Å². The molecule has 0 spiro atoms. The summed E-state index contributed by atoms with van der Waals surface area (Å²) in [5, 5.41) is 3.32. The quantitative estimate of drug-likeness (QED) is 0.782. The summed E-state index contributed by atoms with van der Waals surface area (Å²) in [5.74, 6) is 0. The zero-order chi connectivity index (χ0) is 12.1. The number of nitrogens with zero attached hydrogens (tertiary/aromatic N) is 2. The smallest absolute Gasteiger partial charge is 0.0547 e. The molecule has 0 amide bonds. The minimum atomic E-state index is 0.819. The number of hydrogen-bond acceptors (Lipinski definition) is 3. The second-order valence-electron chi connectivity index (χ2n) is 4.69. The van der Waals surface area contributed by atoms with Gasteiger partial charge in [-0.15, -0.1) is 0 Å². The summed E-state index contributed by atoms with van der Waals surface area (Å²) in [7, 11) is 0. The van der Waals surface area contributed by atoms with E-state index in [0.717, 1.165) is 37.9 Å². The van der Waals surface area contributed by atoms with Gasteiger partial charge in [-0.25, -0.2) is 0 Å². The SMILES string of the molecule is CCNCc1cccc(CN(CC)C2CC2)n1. The van der Waals surface area contributed by atoms with Gasteiger partial charge in [0.15, 0.2) is 0 Å². The average molecular weight is 233 g/mol. The van der Waals surface area contributed by atoms with Gasteiger partial charge in [-0.1, -0.05) is 19.9 Å². The van der Waals surface area contributed by atoms with Crippen molar-refractivity contribution in [2.24, 2.45) is 0 Å². The first-order chi connectivity index (χ1) is 8.33. The minimum Gasteiger partial charge on any atom is -0.311 e. The van der Waals surface area contributed by atoms with Gasteiger partial charge in [0.25, 0.3) is 0 Å². The highest BCUT2D eigenvalue weighted by Crippen LogP contribution is 2.27. The molecule has 0 bridgehead atoms. The van der Waals surface area contributed by atoms with E-state index in [2.05, 4.69) is 42.3 Å². The molecule has 1 aliphatic carbocycles. The molecule has 0 atom stereocenters. The van der Waals surface area contributed by atoms with E-state index in [-0.39, 0.29) is 0 Å². The van der Waals surface area contributed by atoms with Gasteiger partial charge in [0.2, 0.25) is 0 Å². The van der Waals surface area contributed by atoms with Crippen molar-refractivity contribution in [1.29, 1.82) is 0 Å². The molecule has 94 valence electrons. The fourth-order valence-electron chi connectivity index (χ4n) is 2.12. The molecule has 0 unspecified atom stereocenters. The van der Waals surface area contributed by atoms with E-state index < -0.39 is 0 Å². The molecular formula is C14H23N3. The van der Waals surface area contributed by atoms with E-state index in [1.54, 1.807) is 0 Å². The highest BCUT2D eigenvalue weighted by atomic mass is 15.2. The molecule has 1 N–H and O–H groups in total. The Morgan fingerprint density at radius 1 is 1.29 bits per heavy atom. The summed E-state index contributed by atoms with van der Waals surface area (Å²) < 4.78 is 0. The van der Waals surface area contributed by atoms with Gasteiger partial charge in [-0.3, -0.25) is 9.88 Å². The number of aromatic nitrogens is 1. The topological polar surface area (TPSA) is 28.2 Å². The highest BCUT2D eigenvalue weighted by Gasteiger charge is 2.27. The Kier molecular flexibility index (Phi) is 4.51. The molecule has 1 heterocycles. The van der Waals surface area contributed by atoms with Crippen LogP contribution in [0.3, 0.4) is 0 Å². The van der Waals surface area contributed by atoms with Crippen LogP contribution in [0.15, 0.2) is 18.2 Å². The number of rotatable bonds is 7. The van der Waals surface area contributed by atoms with E-state index in [1.165, 1.54) is 18.5 Å². The van der Waals surface area contributed by atoms with Crippen LogP contribution in [-0.4, -0.2) is 29.0 Å². The van der Waals surface area contributed by atoms with Crippen molar-refractivity contribution in [2.45, 2.75) is 45.8 Å². The maximum Gasteiger partial charge on any atom is 0.0547 e. The van der Waals surface area contributed by atoms with Crippen molar-refractivity contribution in [2.75, 3.05) is 13.1 Å². The monoisotopic (exact) mass is 233 g/mol. The van der Waals surface area contributed by atoms with Crippen LogP contribution in [-0.2, 0) is 13.1 Å². The van der Waals surface area contributed by atoms with Gasteiger partial charge in [0.1, 0.15) is 0 Å². The first kappa shape index (κ1) is 12.5. The van der Waals surface area contributed by atoms with Gasteiger partial charge < -0.3 is 5.32 Å². The predicted molar refractivity (Wildman–Crippen MR) is 70.7 cm³/mol. The number of hydrogen-bond donors (Lipinski definition) is 1. The largest absolute Gasteiger partial charge is 0.311 e. The Hall–Kier alpha value is -0.930. The van der Waals surface area contributed by atoms with Crippen molar-refractivity contribution in [1.82, 2.24) is 15.2 Å². The lowest BCUT2D eigenvalue weighted by atomic mass is 10.2. The predicted octanol–water partition coefficient (Wildman–Crippen LogP) is 2.18. The summed E-state index contributed by atoms with van der Waals surface area (Å²) >= 11 is 0. The van der Waals surface area contributed by atoms with Crippen LogP contribution in [0.5, 0.6) is 0 Å². The van der Waals surface area contributed by atoms with Crippen LogP contribution in [0, 0.1) is 0 Å². The van der Waals surface area contributed by atoms with E-state index in [4.69, 9.17) is 4.98 Å². The fourth-order valence-corrected chi connectivity index (χ4v) is 2.12. The van der Waals surface area contributed by atoms with Crippen LogP contribution < -0.4 is 5.32 Å². The molecule has 0 saturated heterocycles. The van der Waals surface area contributed by atoms with E-state index in [1.807, 2.05) is 0 Å². The van der Waals surface area contributed by atoms with Gasteiger partial charge in [-0.2, -0.15) is 0 Å². The molecule has 17 heavy (non-hydrogen) atoms. The Balaban J connectivity index is 1.94. The Labute approximate surface area is 104 Å². The third-order valence-electron chi connectivity index (χ3n) is 3.26. The minimum absolute atomic E-state index is 0.819. The molecule has 0 aromatic carbocycles. The van der Waals surface area contributed by atoms with E-state index in [9.17, 15) is 0 Å². The molecule has 2 rings (SSSR count). The zero-order valence-corrected chi connectivity index (χ0v) is 10.9. The summed E-state index contributed by atoms with van der Waals surface area (Å²) in [6.07, 6.45) is 2.73. The molecule has 3 heteroatoms. The average Bonchev–Trinajstić information content (AvgIpc) is 3.18. The number of pyridine rings is 1. The van der Waals surface area contributed by atoms with Gasteiger partial charge in [0, 0.05) is 19.1 Å². The highest BCUT2D eigenvalue weighted by molar-refractivity contribution is 5.11. The Morgan fingerprint density at radius 2 is 2.06 bits per heavy atom. The van der Waals surface area contributed by atoms with Gasteiger partial charge in [0.05, 0.1) is 11.4 Å². The summed E-state index contributed by atoms with van der Waals surface area (Å²) in [4.78, 5) is 7.23. The molecule has 0 radical (unpaired) electrons. The third kappa shape index (κ3) is 3.79. The van der Waals surface area contributed by atoms with Crippen molar-refractivity contribution in [3.05, 3.63) is 29.6 Å². The second kappa shape index (κ2) is 6.12. The number of nitrogens with one attached hydrogen (secondary N) is 1. The lowest BCUT2D eigenvalue weighted by Gasteiger charge is -2.19. The molecule has 1 aromatic heterocycles. The second-order valence-corrected chi connectivity index (χ2v) is 4.69. The zero-order valence-electron chi connectivity index (χ0n) is 10.9.